The summed E-state index contributed by atoms with van der Waals surface area (Å²) in [7, 11) is 0. The van der Waals surface area contributed by atoms with Gasteiger partial charge in [-0.1, -0.05) is 12.1 Å². The first-order valence-corrected chi connectivity index (χ1v) is 7.75. The maximum atomic E-state index is 13.8. The highest BCUT2D eigenvalue weighted by molar-refractivity contribution is 7.13. The fraction of sp³-hybridized carbons (Fsp3) is 0.0556. The summed E-state index contributed by atoms with van der Waals surface area (Å²) in [5, 5.41) is 13.1. The average molecular weight is 306 g/mol. The van der Waals surface area contributed by atoms with E-state index in [-0.39, 0.29) is 5.82 Å². The van der Waals surface area contributed by atoms with E-state index in [4.69, 9.17) is 0 Å². The number of halogens is 1. The van der Waals surface area contributed by atoms with Crippen LogP contribution in [0.4, 0.5) is 4.39 Å². The summed E-state index contributed by atoms with van der Waals surface area (Å²) < 4.78 is 15.8. The van der Waals surface area contributed by atoms with Gasteiger partial charge in [0.2, 0.25) is 0 Å². The van der Waals surface area contributed by atoms with Gasteiger partial charge in [0.1, 0.15) is 11.9 Å². The number of pyridine rings is 1. The van der Waals surface area contributed by atoms with Gasteiger partial charge in [-0.25, -0.2) is 4.39 Å². The van der Waals surface area contributed by atoms with Gasteiger partial charge in [-0.2, -0.15) is 5.26 Å². The van der Waals surface area contributed by atoms with E-state index < -0.39 is 0 Å². The summed E-state index contributed by atoms with van der Waals surface area (Å²) in [4.78, 5) is 1.13. The van der Waals surface area contributed by atoms with Crippen LogP contribution < -0.4 is 0 Å². The fourth-order valence-corrected chi connectivity index (χ4v) is 3.70. The Bertz CT molecular complexity index is 1050. The zero-order valence-corrected chi connectivity index (χ0v) is 12.6. The maximum Gasteiger partial charge on any atom is 0.123 e. The van der Waals surface area contributed by atoms with Crippen molar-refractivity contribution in [2.45, 2.75) is 6.92 Å². The Kier molecular flexibility index (Phi) is 2.78. The van der Waals surface area contributed by atoms with Gasteiger partial charge in [-0.15, -0.1) is 11.3 Å². The smallest absolute Gasteiger partial charge is 0.123 e. The predicted molar refractivity (Wildman–Crippen MR) is 87.6 cm³/mol. The van der Waals surface area contributed by atoms with Crippen LogP contribution >= 0.6 is 11.3 Å². The van der Waals surface area contributed by atoms with E-state index in [0.717, 1.165) is 32.4 Å². The van der Waals surface area contributed by atoms with Crippen molar-refractivity contribution in [2.24, 2.45) is 0 Å². The molecule has 0 radical (unpaired) electrons. The van der Waals surface area contributed by atoms with E-state index in [9.17, 15) is 9.65 Å². The third-order valence-electron chi connectivity index (χ3n) is 3.92. The number of aryl methyl sites for hydroxylation is 1. The Labute approximate surface area is 130 Å². The molecule has 1 aromatic carbocycles. The highest BCUT2D eigenvalue weighted by atomic mass is 32.1. The summed E-state index contributed by atoms with van der Waals surface area (Å²) in [5.41, 5.74) is 3.37. The lowest BCUT2D eigenvalue weighted by Crippen LogP contribution is -1.92. The van der Waals surface area contributed by atoms with Crippen molar-refractivity contribution in [3.8, 4) is 16.5 Å². The minimum absolute atomic E-state index is 0.291. The number of rotatable bonds is 1. The molecule has 0 spiro atoms. The van der Waals surface area contributed by atoms with Crippen molar-refractivity contribution in [1.29, 1.82) is 5.26 Å². The van der Waals surface area contributed by atoms with E-state index in [1.807, 2.05) is 35.0 Å². The quantitative estimate of drug-likeness (QED) is 0.478. The number of hydrogen-bond donors (Lipinski definition) is 0. The van der Waals surface area contributed by atoms with Crippen molar-refractivity contribution in [2.75, 3.05) is 0 Å². The predicted octanol–water partition coefficient (Wildman–Crippen LogP) is 5.14. The lowest BCUT2D eigenvalue weighted by molar-refractivity contribution is 0.630. The van der Waals surface area contributed by atoms with E-state index >= 15 is 0 Å². The third kappa shape index (κ3) is 1.76. The molecule has 4 aromatic rings. The second kappa shape index (κ2) is 4.69. The molecule has 0 bridgehead atoms. The summed E-state index contributed by atoms with van der Waals surface area (Å²) in [5.74, 6) is -0.291. The largest absolute Gasteiger partial charge is 0.319 e. The van der Waals surface area contributed by atoms with Crippen LogP contribution in [0.2, 0.25) is 0 Å². The van der Waals surface area contributed by atoms with Gasteiger partial charge in [0, 0.05) is 27.7 Å². The Balaban J connectivity index is 2.27. The minimum Gasteiger partial charge on any atom is -0.319 e. The molecule has 4 heteroatoms. The maximum absolute atomic E-state index is 13.8. The molecule has 0 amide bonds. The first-order chi connectivity index (χ1) is 10.7. The van der Waals surface area contributed by atoms with Gasteiger partial charge in [-0.3, -0.25) is 0 Å². The minimum atomic E-state index is -0.291. The molecule has 0 atom stereocenters. The third-order valence-corrected chi connectivity index (χ3v) is 4.82. The van der Waals surface area contributed by atoms with Crippen molar-refractivity contribution >= 4 is 27.6 Å². The lowest BCUT2D eigenvalue weighted by atomic mass is 10.0. The van der Waals surface area contributed by atoms with Crippen LogP contribution in [0.15, 0.2) is 48.0 Å². The first kappa shape index (κ1) is 13.1. The van der Waals surface area contributed by atoms with E-state index in [0.29, 0.717) is 5.56 Å². The van der Waals surface area contributed by atoms with E-state index in [1.165, 1.54) is 12.1 Å². The Morgan fingerprint density at radius 1 is 1.18 bits per heavy atom. The highest BCUT2D eigenvalue weighted by Gasteiger charge is 2.15. The second-order valence-electron chi connectivity index (χ2n) is 5.24. The van der Waals surface area contributed by atoms with Crippen molar-refractivity contribution in [3.63, 3.8) is 0 Å². The molecular formula is C18H11FN2S. The van der Waals surface area contributed by atoms with Crippen LogP contribution in [-0.4, -0.2) is 4.40 Å². The summed E-state index contributed by atoms with van der Waals surface area (Å²) >= 11 is 1.65. The lowest BCUT2D eigenvalue weighted by Gasteiger charge is -2.10. The average Bonchev–Trinajstić information content (AvgIpc) is 3.14. The molecule has 0 N–H and O–H groups in total. The SMILES string of the molecule is Cc1cc(C#N)c2c3cc(F)ccc3c(-c3cccs3)cn12. The topological polar surface area (TPSA) is 28.2 Å². The molecule has 0 unspecified atom stereocenters. The summed E-state index contributed by atoms with van der Waals surface area (Å²) in [6.07, 6.45) is 2.04. The van der Waals surface area contributed by atoms with E-state index in [1.54, 1.807) is 17.4 Å². The zero-order chi connectivity index (χ0) is 15.3. The number of fused-ring (bicyclic) bond motifs is 3. The number of aromatic nitrogens is 1. The standard InChI is InChI=1S/C18H11FN2S/c1-11-7-12(9-20)18-15-8-13(19)4-5-14(15)16(10-21(11)18)17-3-2-6-22-17/h2-8,10H,1H3. The molecule has 3 heterocycles. The number of nitriles is 1. The van der Waals surface area contributed by atoms with Crippen LogP contribution in [0.1, 0.15) is 11.3 Å². The number of benzene rings is 1. The van der Waals surface area contributed by atoms with Gasteiger partial charge in [-0.05, 0) is 42.0 Å². The Morgan fingerprint density at radius 3 is 2.77 bits per heavy atom. The van der Waals surface area contributed by atoms with Crippen LogP contribution in [0.5, 0.6) is 0 Å². The second-order valence-corrected chi connectivity index (χ2v) is 6.19. The normalized spacial score (nSPS) is 11.1. The number of thiophene rings is 1. The molecule has 2 nitrogen and oxygen atoms in total. The van der Waals surface area contributed by atoms with Gasteiger partial charge in [0.15, 0.2) is 0 Å². The number of nitrogens with zero attached hydrogens (tertiary/aromatic N) is 2. The Morgan fingerprint density at radius 2 is 2.05 bits per heavy atom. The molecule has 4 rings (SSSR count). The number of hydrogen-bond acceptors (Lipinski definition) is 2. The van der Waals surface area contributed by atoms with Gasteiger partial charge < -0.3 is 4.40 Å². The fourth-order valence-electron chi connectivity index (χ4n) is 2.95. The van der Waals surface area contributed by atoms with E-state index in [2.05, 4.69) is 12.1 Å². The van der Waals surface area contributed by atoms with Gasteiger partial charge in [0.25, 0.3) is 0 Å². The molecule has 0 saturated heterocycles. The molecule has 106 valence electrons. The highest BCUT2D eigenvalue weighted by Crippen LogP contribution is 2.36. The van der Waals surface area contributed by atoms with Crippen molar-refractivity contribution < 1.29 is 4.39 Å². The van der Waals surface area contributed by atoms with Crippen molar-refractivity contribution in [3.05, 3.63) is 65.0 Å². The van der Waals surface area contributed by atoms with Crippen LogP contribution in [0.25, 0.3) is 26.7 Å². The molecular weight excluding hydrogens is 295 g/mol. The Hall–Kier alpha value is -2.64. The zero-order valence-electron chi connectivity index (χ0n) is 11.8. The summed E-state index contributed by atoms with van der Waals surface area (Å²) in [6, 6.07) is 12.9. The molecule has 0 fully saturated rings. The summed E-state index contributed by atoms with van der Waals surface area (Å²) in [6.45, 7) is 1.96. The molecule has 22 heavy (non-hydrogen) atoms. The molecule has 0 aliphatic carbocycles. The van der Waals surface area contributed by atoms with Gasteiger partial charge in [0.05, 0.1) is 11.1 Å². The van der Waals surface area contributed by atoms with Crippen LogP contribution in [0.3, 0.4) is 0 Å². The van der Waals surface area contributed by atoms with Gasteiger partial charge >= 0.3 is 0 Å². The molecule has 0 aliphatic heterocycles. The van der Waals surface area contributed by atoms with Crippen LogP contribution in [-0.2, 0) is 0 Å². The molecule has 3 aromatic heterocycles. The van der Waals surface area contributed by atoms with Crippen LogP contribution in [0, 0.1) is 24.1 Å². The molecule has 0 saturated carbocycles. The van der Waals surface area contributed by atoms with Crippen molar-refractivity contribution in [1.82, 2.24) is 4.40 Å². The monoisotopic (exact) mass is 306 g/mol. The molecule has 0 aliphatic rings. The first-order valence-electron chi connectivity index (χ1n) is 6.87.